The van der Waals surface area contributed by atoms with E-state index in [0.717, 1.165) is 6.54 Å². The van der Waals surface area contributed by atoms with Gasteiger partial charge in [-0.05, 0) is 36.5 Å². The van der Waals surface area contributed by atoms with E-state index in [9.17, 15) is 5.11 Å². The van der Waals surface area contributed by atoms with Crippen molar-refractivity contribution in [3.05, 3.63) is 34.9 Å². The van der Waals surface area contributed by atoms with Crippen molar-refractivity contribution in [3.63, 3.8) is 0 Å². The summed E-state index contributed by atoms with van der Waals surface area (Å²) in [7, 11) is 0. The summed E-state index contributed by atoms with van der Waals surface area (Å²) in [6.07, 6.45) is -0.259. The van der Waals surface area contributed by atoms with Crippen molar-refractivity contribution < 1.29 is 5.11 Å². The molecule has 0 bridgehead atoms. The van der Waals surface area contributed by atoms with Crippen LogP contribution in [0.4, 0.5) is 0 Å². The number of aliphatic hydroxyl groups excluding tert-OH is 1. The Morgan fingerprint density at radius 2 is 1.94 bits per heavy atom. The third-order valence-electron chi connectivity index (χ3n) is 3.16. The molecule has 0 saturated carbocycles. The zero-order valence-electron chi connectivity index (χ0n) is 10.7. The number of hydrogen-bond donors (Lipinski definition) is 2. The predicted octanol–water partition coefficient (Wildman–Crippen LogP) is 2.41. The first-order valence-corrected chi connectivity index (χ1v) is 5.96. The van der Waals surface area contributed by atoms with Gasteiger partial charge in [-0.1, -0.05) is 32.0 Å². The molecular weight excluding hydrogens is 198 g/mol. The van der Waals surface area contributed by atoms with Gasteiger partial charge in [0, 0.05) is 13.1 Å². The molecule has 1 rings (SSSR count). The van der Waals surface area contributed by atoms with E-state index in [-0.39, 0.29) is 6.10 Å². The Morgan fingerprint density at radius 1 is 1.25 bits per heavy atom. The standard InChI is InChI=1S/C14H23NO/c1-10(2)14(16)9-15-8-13-7-5-6-11(3)12(13)4/h5-7,10,14-16H,8-9H2,1-4H3. The van der Waals surface area contributed by atoms with Gasteiger partial charge in [-0.3, -0.25) is 0 Å². The average molecular weight is 221 g/mol. The van der Waals surface area contributed by atoms with Crippen molar-refractivity contribution in [2.75, 3.05) is 6.54 Å². The summed E-state index contributed by atoms with van der Waals surface area (Å²) in [5.74, 6) is 0.311. The summed E-state index contributed by atoms with van der Waals surface area (Å²) in [4.78, 5) is 0. The molecule has 1 unspecified atom stereocenters. The maximum atomic E-state index is 9.67. The summed E-state index contributed by atoms with van der Waals surface area (Å²) >= 11 is 0. The van der Waals surface area contributed by atoms with Crippen LogP contribution in [0.5, 0.6) is 0 Å². The Labute approximate surface area is 98.7 Å². The second kappa shape index (κ2) is 6.02. The van der Waals surface area contributed by atoms with Crippen molar-refractivity contribution in [3.8, 4) is 0 Å². The average Bonchev–Trinajstić information content (AvgIpc) is 2.24. The number of rotatable bonds is 5. The SMILES string of the molecule is Cc1cccc(CNCC(O)C(C)C)c1C. The zero-order valence-corrected chi connectivity index (χ0v) is 10.7. The second-order valence-electron chi connectivity index (χ2n) is 4.80. The van der Waals surface area contributed by atoms with Crippen LogP contribution in [0, 0.1) is 19.8 Å². The molecule has 0 aromatic heterocycles. The summed E-state index contributed by atoms with van der Waals surface area (Å²) in [5.41, 5.74) is 3.98. The fourth-order valence-electron chi connectivity index (χ4n) is 1.59. The highest BCUT2D eigenvalue weighted by Crippen LogP contribution is 2.12. The minimum absolute atomic E-state index is 0.259. The third-order valence-corrected chi connectivity index (χ3v) is 3.16. The topological polar surface area (TPSA) is 32.3 Å². The number of aliphatic hydroxyl groups is 1. The van der Waals surface area contributed by atoms with Gasteiger partial charge in [0.1, 0.15) is 0 Å². The summed E-state index contributed by atoms with van der Waals surface area (Å²) in [6.45, 7) is 9.82. The van der Waals surface area contributed by atoms with Crippen LogP contribution >= 0.6 is 0 Å². The molecule has 0 fully saturated rings. The van der Waals surface area contributed by atoms with Crippen LogP contribution in [0.25, 0.3) is 0 Å². The monoisotopic (exact) mass is 221 g/mol. The minimum Gasteiger partial charge on any atom is -0.392 e. The van der Waals surface area contributed by atoms with Gasteiger partial charge in [-0.15, -0.1) is 0 Å². The Kier molecular flexibility index (Phi) is 4.97. The van der Waals surface area contributed by atoms with Crippen molar-refractivity contribution >= 4 is 0 Å². The van der Waals surface area contributed by atoms with Crippen LogP contribution < -0.4 is 5.32 Å². The predicted molar refractivity (Wildman–Crippen MR) is 68.5 cm³/mol. The highest BCUT2D eigenvalue weighted by molar-refractivity contribution is 5.32. The largest absolute Gasteiger partial charge is 0.392 e. The van der Waals surface area contributed by atoms with E-state index in [4.69, 9.17) is 0 Å². The van der Waals surface area contributed by atoms with Gasteiger partial charge in [0.2, 0.25) is 0 Å². The molecule has 2 N–H and O–H groups in total. The van der Waals surface area contributed by atoms with Crippen LogP contribution in [0.3, 0.4) is 0 Å². The summed E-state index contributed by atoms with van der Waals surface area (Å²) in [5, 5.41) is 13.0. The van der Waals surface area contributed by atoms with Gasteiger partial charge in [-0.25, -0.2) is 0 Å². The molecule has 1 aromatic carbocycles. The number of nitrogens with one attached hydrogen (secondary N) is 1. The van der Waals surface area contributed by atoms with Crippen LogP contribution in [-0.2, 0) is 6.54 Å². The van der Waals surface area contributed by atoms with E-state index in [1.807, 2.05) is 13.8 Å². The Balaban J connectivity index is 2.46. The van der Waals surface area contributed by atoms with Crippen molar-refractivity contribution in [1.82, 2.24) is 5.32 Å². The van der Waals surface area contributed by atoms with Gasteiger partial charge < -0.3 is 10.4 Å². The Bertz CT molecular complexity index is 334. The molecule has 2 nitrogen and oxygen atoms in total. The second-order valence-corrected chi connectivity index (χ2v) is 4.80. The molecule has 0 spiro atoms. The molecular formula is C14H23NO. The van der Waals surface area contributed by atoms with E-state index in [1.165, 1.54) is 16.7 Å². The number of benzene rings is 1. The lowest BCUT2D eigenvalue weighted by atomic mass is 10.0. The van der Waals surface area contributed by atoms with Gasteiger partial charge >= 0.3 is 0 Å². The quantitative estimate of drug-likeness (QED) is 0.800. The van der Waals surface area contributed by atoms with Crippen LogP contribution in [-0.4, -0.2) is 17.8 Å². The highest BCUT2D eigenvalue weighted by atomic mass is 16.3. The highest BCUT2D eigenvalue weighted by Gasteiger charge is 2.08. The van der Waals surface area contributed by atoms with Crippen molar-refractivity contribution in [2.45, 2.75) is 40.3 Å². The van der Waals surface area contributed by atoms with E-state index < -0.39 is 0 Å². The number of aryl methyl sites for hydroxylation is 1. The molecule has 0 amide bonds. The molecule has 0 heterocycles. The Morgan fingerprint density at radius 3 is 2.56 bits per heavy atom. The molecule has 0 aliphatic heterocycles. The van der Waals surface area contributed by atoms with E-state index >= 15 is 0 Å². The molecule has 0 aliphatic rings. The normalized spacial score (nSPS) is 13.1. The molecule has 90 valence electrons. The fraction of sp³-hybridized carbons (Fsp3) is 0.571. The summed E-state index contributed by atoms with van der Waals surface area (Å²) < 4.78 is 0. The van der Waals surface area contributed by atoms with Crippen LogP contribution in [0.2, 0.25) is 0 Å². The molecule has 16 heavy (non-hydrogen) atoms. The van der Waals surface area contributed by atoms with Crippen molar-refractivity contribution in [1.29, 1.82) is 0 Å². The molecule has 1 aromatic rings. The maximum Gasteiger partial charge on any atom is 0.0687 e. The lowest BCUT2D eigenvalue weighted by Gasteiger charge is -2.16. The zero-order chi connectivity index (χ0) is 12.1. The van der Waals surface area contributed by atoms with E-state index in [1.54, 1.807) is 0 Å². The smallest absolute Gasteiger partial charge is 0.0687 e. The Hall–Kier alpha value is -0.860. The molecule has 2 heteroatoms. The molecule has 1 atom stereocenters. The van der Waals surface area contributed by atoms with Crippen molar-refractivity contribution in [2.24, 2.45) is 5.92 Å². The fourth-order valence-corrected chi connectivity index (χ4v) is 1.59. The third kappa shape index (κ3) is 3.62. The first-order valence-electron chi connectivity index (χ1n) is 5.96. The first kappa shape index (κ1) is 13.2. The summed E-state index contributed by atoms with van der Waals surface area (Å²) in [6, 6.07) is 6.34. The van der Waals surface area contributed by atoms with Gasteiger partial charge in [-0.2, -0.15) is 0 Å². The molecule has 0 saturated heterocycles. The van der Waals surface area contributed by atoms with Gasteiger partial charge in [0.25, 0.3) is 0 Å². The minimum atomic E-state index is -0.259. The molecule has 0 aliphatic carbocycles. The van der Waals surface area contributed by atoms with Crippen LogP contribution in [0.1, 0.15) is 30.5 Å². The van der Waals surface area contributed by atoms with Crippen LogP contribution in [0.15, 0.2) is 18.2 Å². The van der Waals surface area contributed by atoms with Gasteiger partial charge in [0.15, 0.2) is 0 Å². The lowest BCUT2D eigenvalue weighted by Crippen LogP contribution is -2.30. The van der Waals surface area contributed by atoms with E-state index in [2.05, 4.69) is 37.4 Å². The molecule has 0 radical (unpaired) electrons. The lowest BCUT2D eigenvalue weighted by molar-refractivity contribution is 0.123. The maximum absolute atomic E-state index is 9.67. The van der Waals surface area contributed by atoms with Gasteiger partial charge in [0.05, 0.1) is 6.10 Å². The van der Waals surface area contributed by atoms with E-state index in [0.29, 0.717) is 12.5 Å². The number of hydrogen-bond acceptors (Lipinski definition) is 2. The first-order chi connectivity index (χ1) is 7.52.